The molecule has 0 saturated heterocycles. The number of nitrogens with two attached hydrogens (primary N) is 1. The van der Waals surface area contributed by atoms with Crippen LogP contribution >= 0.6 is 11.3 Å². The van der Waals surface area contributed by atoms with Gasteiger partial charge in [-0.1, -0.05) is 13.0 Å². The largest absolute Gasteiger partial charge is 0.480 e. The van der Waals surface area contributed by atoms with Gasteiger partial charge in [0.2, 0.25) is 5.91 Å². The molecule has 0 spiro atoms. The fourth-order valence-corrected chi connectivity index (χ4v) is 3.28. The zero-order valence-electron chi connectivity index (χ0n) is 11.5. The van der Waals surface area contributed by atoms with Gasteiger partial charge in [-0.15, -0.1) is 11.3 Å². The summed E-state index contributed by atoms with van der Waals surface area (Å²) >= 11 is 1.40. The number of carboxylic acids is 1. The maximum Gasteiger partial charge on any atom is 0.329 e. The van der Waals surface area contributed by atoms with Crippen LogP contribution < -0.4 is 11.1 Å². The van der Waals surface area contributed by atoms with E-state index in [1.165, 1.54) is 11.3 Å². The van der Waals surface area contributed by atoms with E-state index in [1.807, 2.05) is 11.4 Å². The van der Waals surface area contributed by atoms with Crippen molar-refractivity contribution < 1.29 is 14.7 Å². The van der Waals surface area contributed by atoms with Gasteiger partial charge in [-0.05, 0) is 43.0 Å². The average molecular weight is 296 g/mol. The molecule has 1 aromatic heterocycles. The number of amides is 1. The van der Waals surface area contributed by atoms with Gasteiger partial charge in [-0.2, -0.15) is 0 Å². The first kappa shape index (κ1) is 15.0. The van der Waals surface area contributed by atoms with Gasteiger partial charge in [-0.3, -0.25) is 4.79 Å². The highest BCUT2D eigenvalue weighted by Crippen LogP contribution is 2.32. The Hall–Kier alpha value is -1.40. The molecule has 5 nitrogen and oxygen atoms in total. The van der Waals surface area contributed by atoms with E-state index >= 15 is 0 Å². The van der Waals surface area contributed by atoms with Crippen LogP contribution in [-0.4, -0.2) is 22.5 Å². The van der Waals surface area contributed by atoms with Gasteiger partial charge in [-0.25, -0.2) is 4.79 Å². The number of rotatable bonds is 4. The summed E-state index contributed by atoms with van der Waals surface area (Å²) in [5.41, 5.74) is 4.74. The maximum absolute atomic E-state index is 12.2. The molecule has 2 rings (SSSR count). The van der Waals surface area contributed by atoms with E-state index < -0.39 is 23.5 Å². The summed E-state index contributed by atoms with van der Waals surface area (Å²) in [5, 5.41) is 14.0. The third-order valence-corrected chi connectivity index (χ3v) is 4.99. The van der Waals surface area contributed by atoms with Crippen LogP contribution in [0.4, 0.5) is 0 Å². The highest BCUT2D eigenvalue weighted by Gasteiger charge is 2.43. The number of carbonyl (C=O) groups excluding carboxylic acids is 1. The Bertz CT molecular complexity index is 479. The second-order valence-corrected chi connectivity index (χ2v) is 6.53. The number of hydrogen-bond acceptors (Lipinski definition) is 4. The standard InChI is InChI=1S/C14H20N2O3S/c1-9-4-6-14(7-5-9,13(18)19)16-12(17)11(15)10-3-2-8-20-10/h2-3,8-9,11H,4-7,15H2,1H3,(H,16,17)(H,18,19). The van der Waals surface area contributed by atoms with Crippen molar-refractivity contribution in [1.82, 2.24) is 5.32 Å². The first-order valence-electron chi connectivity index (χ1n) is 6.79. The molecule has 1 aliphatic rings. The van der Waals surface area contributed by atoms with E-state index in [0.29, 0.717) is 18.8 Å². The van der Waals surface area contributed by atoms with Crippen LogP contribution in [0.25, 0.3) is 0 Å². The van der Waals surface area contributed by atoms with Gasteiger partial charge in [0, 0.05) is 4.88 Å². The number of nitrogens with one attached hydrogen (secondary N) is 1. The quantitative estimate of drug-likeness (QED) is 0.791. The smallest absolute Gasteiger partial charge is 0.329 e. The Morgan fingerprint density at radius 1 is 1.50 bits per heavy atom. The summed E-state index contributed by atoms with van der Waals surface area (Å²) < 4.78 is 0. The first-order valence-corrected chi connectivity index (χ1v) is 7.67. The minimum Gasteiger partial charge on any atom is -0.480 e. The molecule has 1 fully saturated rings. The topological polar surface area (TPSA) is 92.4 Å². The lowest BCUT2D eigenvalue weighted by atomic mass is 9.77. The first-order chi connectivity index (χ1) is 9.44. The van der Waals surface area contributed by atoms with Crippen LogP contribution in [0.2, 0.25) is 0 Å². The Labute approximate surface area is 122 Å². The van der Waals surface area contributed by atoms with E-state index in [4.69, 9.17) is 5.73 Å². The molecule has 4 N–H and O–H groups in total. The van der Waals surface area contributed by atoms with Crippen molar-refractivity contribution in [3.63, 3.8) is 0 Å². The Kier molecular flexibility index (Phi) is 4.45. The number of carbonyl (C=O) groups is 2. The number of hydrogen-bond donors (Lipinski definition) is 3. The molecule has 0 radical (unpaired) electrons. The summed E-state index contributed by atoms with van der Waals surface area (Å²) in [5.74, 6) is -0.870. The molecule has 1 saturated carbocycles. The van der Waals surface area contributed by atoms with Crippen molar-refractivity contribution in [2.75, 3.05) is 0 Å². The molecule has 110 valence electrons. The third-order valence-electron chi connectivity index (χ3n) is 4.03. The molecule has 0 aliphatic heterocycles. The molecule has 1 aromatic rings. The molecule has 0 aromatic carbocycles. The van der Waals surface area contributed by atoms with Gasteiger partial charge in [0.25, 0.3) is 0 Å². The van der Waals surface area contributed by atoms with E-state index in [0.717, 1.165) is 17.7 Å². The molecule has 1 aliphatic carbocycles. The normalized spacial score (nSPS) is 27.8. The summed E-state index contributed by atoms with van der Waals surface area (Å²) in [4.78, 5) is 24.5. The van der Waals surface area contributed by atoms with Crippen molar-refractivity contribution in [3.8, 4) is 0 Å². The minimum absolute atomic E-state index is 0.413. The maximum atomic E-state index is 12.2. The summed E-state index contributed by atoms with van der Waals surface area (Å²) in [6, 6.07) is 2.80. The van der Waals surface area contributed by atoms with Gasteiger partial charge < -0.3 is 16.2 Å². The summed E-state index contributed by atoms with van der Waals surface area (Å²) in [6.07, 6.45) is 2.54. The van der Waals surface area contributed by atoms with Crippen molar-refractivity contribution in [2.24, 2.45) is 11.7 Å². The van der Waals surface area contributed by atoms with Gasteiger partial charge in [0.15, 0.2) is 0 Å². The molecule has 0 bridgehead atoms. The predicted molar refractivity (Wildman–Crippen MR) is 77.4 cm³/mol. The summed E-state index contributed by atoms with van der Waals surface area (Å²) in [7, 11) is 0. The van der Waals surface area contributed by atoms with Crippen LogP contribution in [-0.2, 0) is 9.59 Å². The number of carboxylic acid groups (broad SMARTS) is 1. The van der Waals surface area contributed by atoms with Crippen molar-refractivity contribution in [3.05, 3.63) is 22.4 Å². The SMILES string of the molecule is CC1CCC(NC(=O)C(N)c2cccs2)(C(=O)O)CC1. The van der Waals surface area contributed by atoms with E-state index in [-0.39, 0.29) is 0 Å². The van der Waals surface area contributed by atoms with Crippen LogP contribution in [0, 0.1) is 5.92 Å². The van der Waals surface area contributed by atoms with E-state index in [2.05, 4.69) is 12.2 Å². The van der Waals surface area contributed by atoms with E-state index in [1.54, 1.807) is 6.07 Å². The Balaban J connectivity index is 2.09. The number of aliphatic carboxylic acids is 1. The lowest BCUT2D eigenvalue weighted by molar-refractivity contribution is -0.149. The number of thiophene rings is 1. The molecular weight excluding hydrogens is 276 g/mol. The van der Waals surface area contributed by atoms with Crippen molar-refractivity contribution in [2.45, 2.75) is 44.2 Å². The molecule has 1 unspecified atom stereocenters. The predicted octanol–water partition coefficient (Wildman–Crippen LogP) is 1.90. The third kappa shape index (κ3) is 3.02. The van der Waals surface area contributed by atoms with Crippen LogP contribution in [0.15, 0.2) is 17.5 Å². The lowest BCUT2D eigenvalue weighted by Crippen LogP contribution is -2.57. The van der Waals surface area contributed by atoms with E-state index in [9.17, 15) is 14.7 Å². The fourth-order valence-electron chi connectivity index (χ4n) is 2.56. The van der Waals surface area contributed by atoms with Crippen molar-refractivity contribution in [1.29, 1.82) is 0 Å². The second-order valence-electron chi connectivity index (χ2n) is 5.55. The molecule has 6 heteroatoms. The lowest BCUT2D eigenvalue weighted by Gasteiger charge is -2.37. The molecule has 20 heavy (non-hydrogen) atoms. The fraction of sp³-hybridized carbons (Fsp3) is 0.571. The van der Waals surface area contributed by atoms with Crippen LogP contribution in [0.1, 0.15) is 43.5 Å². The molecule has 1 heterocycles. The second kappa shape index (κ2) is 5.93. The Morgan fingerprint density at radius 3 is 2.65 bits per heavy atom. The summed E-state index contributed by atoms with van der Waals surface area (Å²) in [6.45, 7) is 2.10. The zero-order valence-corrected chi connectivity index (χ0v) is 12.3. The van der Waals surface area contributed by atoms with Crippen molar-refractivity contribution >= 4 is 23.2 Å². The Morgan fingerprint density at radius 2 is 2.15 bits per heavy atom. The average Bonchev–Trinajstić information content (AvgIpc) is 2.94. The highest BCUT2D eigenvalue weighted by atomic mass is 32.1. The van der Waals surface area contributed by atoms with Gasteiger partial charge in [0.1, 0.15) is 11.6 Å². The molecular formula is C14H20N2O3S. The zero-order chi connectivity index (χ0) is 14.8. The van der Waals surface area contributed by atoms with Gasteiger partial charge in [0.05, 0.1) is 0 Å². The molecule has 1 atom stereocenters. The monoisotopic (exact) mass is 296 g/mol. The highest BCUT2D eigenvalue weighted by molar-refractivity contribution is 7.10. The minimum atomic E-state index is -1.15. The molecule has 1 amide bonds. The van der Waals surface area contributed by atoms with Gasteiger partial charge >= 0.3 is 5.97 Å². The van der Waals surface area contributed by atoms with Crippen LogP contribution in [0.5, 0.6) is 0 Å². The van der Waals surface area contributed by atoms with Crippen LogP contribution in [0.3, 0.4) is 0 Å².